The number of piperidine rings is 1. The lowest BCUT2D eigenvalue weighted by Gasteiger charge is -2.36. The Hall–Kier alpha value is -0.610. The molecular formula is C10H20N2O2. The van der Waals surface area contributed by atoms with E-state index in [0.29, 0.717) is 6.54 Å². The molecule has 1 saturated heterocycles. The molecule has 0 radical (unpaired) electrons. The van der Waals surface area contributed by atoms with Crippen LogP contribution in [0.25, 0.3) is 0 Å². The molecule has 1 heterocycles. The lowest BCUT2D eigenvalue weighted by molar-refractivity contribution is -0.144. The number of methoxy groups -OCH3 is 1. The standard InChI is InChI=1S/C10H20N2O2/c1-8(14-2)10(13)12-6-4-3-5-9(12)7-11/h8-9H,3-7,11H2,1-2H3. The quantitative estimate of drug-likeness (QED) is 0.715. The highest BCUT2D eigenvalue weighted by atomic mass is 16.5. The van der Waals surface area contributed by atoms with Crippen LogP contribution in [0.5, 0.6) is 0 Å². The average molecular weight is 200 g/mol. The lowest BCUT2D eigenvalue weighted by Crippen LogP contribution is -2.50. The van der Waals surface area contributed by atoms with E-state index in [4.69, 9.17) is 10.5 Å². The minimum atomic E-state index is -0.345. The van der Waals surface area contributed by atoms with Crippen LogP contribution in [0.2, 0.25) is 0 Å². The Balaban J connectivity index is 2.58. The van der Waals surface area contributed by atoms with E-state index in [9.17, 15) is 4.79 Å². The molecule has 4 heteroatoms. The van der Waals surface area contributed by atoms with Crippen LogP contribution in [0.3, 0.4) is 0 Å². The number of nitrogens with two attached hydrogens (primary N) is 1. The predicted molar refractivity (Wildman–Crippen MR) is 54.9 cm³/mol. The molecule has 2 unspecified atom stereocenters. The molecule has 14 heavy (non-hydrogen) atoms. The molecule has 0 aromatic heterocycles. The number of hydrogen-bond acceptors (Lipinski definition) is 3. The molecule has 2 atom stereocenters. The summed E-state index contributed by atoms with van der Waals surface area (Å²) in [5.74, 6) is 0.0719. The van der Waals surface area contributed by atoms with Gasteiger partial charge in [0.2, 0.25) is 0 Å². The predicted octanol–water partition coefficient (Wildman–Crippen LogP) is 0.361. The maximum absolute atomic E-state index is 11.8. The summed E-state index contributed by atoms with van der Waals surface area (Å²) < 4.78 is 5.03. The van der Waals surface area contributed by atoms with Crippen LogP contribution in [-0.4, -0.2) is 43.2 Å². The van der Waals surface area contributed by atoms with Gasteiger partial charge in [-0.1, -0.05) is 0 Å². The summed E-state index contributed by atoms with van der Waals surface area (Å²) in [6, 6.07) is 0.217. The molecule has 1 aliphatic heterocycles. The van der Waals surface area contributed by atoms with E-state index in [1.807, 2.05) is 4.90 Å². The summed E-state index contributed by atoms with van der Waals surface area (Å²) in [5.41, 5.74) is 5.64. The highest BCUT2D eigenvalue weighted by Crippen LogP contribution is 2.17. The zero-order valence-electron chi connectivity index (χ0n) is 9.03. The minimum absolute atomic E-state index is 0.0719. The van der Waals surface area contributed by atoms with Gasteiger partial charge in [0.25, 0.3) is 5.91 Å². The molecule has 1 rings (SSSR count). The van der Waals surface area contributed by atoms with Crippen LogP contribution in [0.1, 0.15) is 26.2 Å². The van der Waals surface area contributed by atoms with E-state index in [0.717, 1.165) is 19.4 Å². The normalized spacial score (nSPS) is 24.8. The molecule has 4 nitrogen and oxygen atoms in total. The third-order valence-electron chi connectivity index (χ3n) is 2.88. The Morgan fingerprint density at radius 1 is 1.64 bits per heavy atom. The number of carbonyl (C=O) groups excluding carboxylic acids is 1. The Kier molecular flexibility index (Phi) is 4.35. The summed E-state index contributed by atoms with van der Waals surface area (Å²) >= 11 is 0. The van der Waals surface area contributed by atoms with E-state index in [1.54, 1.807) is 14.0 Å². The molecule has 1 amide bonds. The summed E-state index contributed by atoms with van der Waals surface area (Å²) in [7, 11) is 1.56. The average Bonchev–Trinajstić information content (AvgIpc) is 2.26. The molecule has 2 N–H and O–H groups in total. The van der Waals surface area contributed by atoms with Crippen LogP contribution in [0, 0.1) is 0 Å². The second-order valence-corrected chi connectivity index (χ2v) is 3.79. The van der Waals surface area contributed by atoms with Gasteiger partial charge in [-0.3, -0.25) is 4.79 Å². The van der Waals surface area contributed by atoms with Gasteiger partial charge in [0.15, 0.2) is 0 Å². The van der Waals surface area contributed by atoms with Crippen molar-refractivity contribution in [3.63, 3.8) is 0 Å². The highest BCUT2D eigenvalue weighted by Gasteiger charge is 2.28. The Morgan fingerprint density at radius 3 is 2.93 bits per heavy atom. The molecule has 1 fully saturated rings. The molecule has 0 saturated carbocycles. The zero-order valence-corrected chi connectivity index (χ0v) is 9.03. The van der Waals surface area contributed by atoms with E-state index in [1.165, 1.54) is 6.42 Å². The van der Waals surface area contributed by atoms with Gasteiger partial charge in [-0.25, -0.2) is 0 Å². The third kappa shape index (κ3) is 2.45. The topological polar surface area (TPSA) is 55.6 Å². The summed E-state index contributed by atoms with van der Waals surface area (Å²) in [5, 5.41) is 0. The summed E-state index contributed by atoms with van der Waals surface area (Å²) in [6.45, 7) is 3.17. The number of amides is 1. The molecule has 82 valence electrons. The molecule has 0 aliphatic carbocycles. The molecule has 0 aromatic rings. The smallest absolute Gasteiger partial charge is 0.251 e. The van der Waals surface area contributed by atoms with Crippen molar-refractivity contribution in [2.24, 2.45) is 5.73 Å². The van der Waals surface area contributed by atoms with Crippen molar-refractivity contribution in [1.29, 1.82) is 0 Å². The second kappa shape index (κ2) is 5.32. The third-order valence-corrected chi connectivity index (χ3v) is 2.88. The van der Waals surface area contributed by atoms with Crippen LogP contribution in [-0.2, 0) is 9.53 Å². The fraction of sp³-hybridized carbons (Fsp3) is 0.900. The molecule has 0 bridgehead atoms. The van der Waals surface area contributed by atoms with Crippen molar-refractivity contribution < 1.29 is 9.53 Å². The Bertz CT molecular complexity index is 197. The maximum atomic E-state index is 11.8. The Morgan fingerprint density at radius 2 is 2.36 bits per heavy atom. The van der Waals surface area contributed by atoms with E-state index < -0.39 is 0 Å². The summed E-state index contributed by atoms with van der Waals surface area (Å²) in [6.07, 6.45) is 2.94. The van der Waals surface area contributed by atoms with Gasteiger partial charge < -0.3 is 15.4 Å². The van der Waals surface area contributed by atoms with Crippen molar-refractivity contribution in [1.82, 2.24) is 4.90 Å². The number of ether oxygens (including phenoxy) is 1. The monoisotopic (exact) mass is 200 g/mol. The number of nitrogens with zero attached hydrogens (tertiary/aromatic N) is 1. The fourth-order valence-electron chi connectivity index (χ4n) is 1.87. The molecule has 1 aliphatic rings. The van der Waals surface area contributed by atoms with Gasteiger partial charge in [-0.15, -0.1) is 0 Å². The van der Waals surface area contributed by atoms with Crippen molar-refractivity contribution in [2.75, 3.05) is 20.2 Å². The van der Waals surface area contributed by atoms with Gasteiger partial charge in [0.05, 0.1) is 0 Å². The van der Waals surface area contributed by atoms with Crippen molar-refractivity contribution >= 4 is 5.91 Å². The van der Waals surface area contributed by atoms with Gasteiger partial charge in [-0.05, 0) is 26.2 Å². The first-order valence-corrected chi connectivity index (χ1v) is 5.24. The second-order valence-electron chi connectivity index (χ2n) is 3.79. The van der Waals surface area contributed by atoms with Gasteiger partial charge in [-0.2, -0.15) is 0 Å². The van der Waals surface area contributed by atoms with Crippen LogP contribution in [0.15, 0.2) is 0 Å². The molecular weight excluding hydrogens is 180 g/mol. The first-order valence-electron chi connectivity index (χ1n) is 5.24. The largest absolute Gasteiger partial charge is 0.372 e. The maximum Gasteiger partial charge on any atom is 0.251 e. The number of hydrogen-bond donors (Lipinski definition) is 1. The molecule has 0 aromatic carbocycles. The van der Waals surface area contributed by atoms with E-state index in [2.05, 4.69) is 0 Å². The van der Waals surface area contributed by atoms with Crippen molar-refractivity contribution in [3.8, 4) is 0 Å². The van der Waals surface area contributed by atoms with Crippen molar-refractivity contribution in [2.45, 2.75) is 38.3 Å². The lowest BCUT2D eigenvalue weighted by atomic mass is 10.0. The number of carbonyl (C=O) groups is 1. The van der Waals surface area contributed by atoms with Crippen molar-refractivity contribution in [3.05, 3.63) is 0 Å². The highest BCUT2D eigenvalue weighted by molar-refractivity contribution is 5.81. The van der Waals surface area contributed by atoms with E-state index >= 15 is 0 Å². The SMILES string of the molecule is COC(C)C(=O)N1CCCCC1CN. The Labute approximate surface area is 85.4 Å². The summed E-state index contributed by atoms with van der Waals surface area (Å²) in [4.78, 5) is 13.7. The van der Waals surface area contributed by atoms with Gasteiger partial charge in [0, 0.05) is 26.2 Å². The van der Waals surface area contributed by atoms with Crippen LogP contribution >= 0.6 is 0 Å². The zero-order chi connectivity index (χ0) is 10.6. The number of likely N-dealkylation sites (tertiary alicyclic amines) is 1. The van der Waals surface area contributed by atoms with Gasteiger partial charge >= 0.3 is 0 Å². The molecule has 0 spiro atoms. The minimum Gasteiger partial charge on any atom is -0.372 e. The van der Waals surface area contributed by atoms with E-state index in [-0.39, 0.29) is 18.1 Å². The van der Waals surface area contributed by atoms with Gasteiger partial charge in [0.1, 0.15) is 6.10 Å². The van der Waals surface area contributed by atoms with Crippen LogP contribution in [0.4, 0.5) is 0 Å². The van der Waals surface area contributed by atoms with Crippen LogP contribution < -0.4 is 5.73 Å². The fourth-order valence-corrected chi connectivity index (χ4v) is 1.87. The first-order chi connectivity index (χ1) is 6.70. The number of rotatable bonds is 3. The first kappa shape index (κ1) is 11.5.